The molecule has 0 radical (unpaired) electrons. The zero-order valence-corrected chi connectivity index (χ0v) is 10.9. The van der Waals surface area contributed by atoms with E-state index in [1.165, 1.54) is 0 Å². The number of rotatable bonds is 6. The highest BCUT2D eigenvalue weighted by molar-refractivity contribution is 4.24. The van der Waals surface area contributed by atoms with Gasteiger partial charge in [0.15, 0.2) is 6.29 Å². The minimum atomic E-state index is -0.0648. The summed E-state index contributed by atoms with van der Waals surface area (Å²) in [6.45, 7) is 2.53. The molecule has 0 heterocycles. The molecule has 0 atom stereocenters. The third-order valence-corrected chi connectivity index (χ3v) is 1.14. The molecular formula is C10H26O6. The second-order valence-electron chi connectivity index (χ2n) is 2.51. The molecular weight excluding hydrogens is 216 g/mol. The topological polar surface area (TPSA) is 77.4 Å². The summed E-state index contributed by atoms with van der Waals surface area (Å²) < 4.78 is 18.2. The Labute approximate surface area is 98.1 Å². The Hall–Kier alpha value is -0.240. The Kier molecular flexibility index (Phi) is 31.8. The Bertz CT molecular complexity index is 83.4. The molecule has 0 saturated heterocycles. The van der Waals surface area contributed by atoms with Gasteiger partial charge < -0.3 is 29.2 Å². The molecule has 0 fully saturated rings. The van der Waals surface area contributed by atoms with Crippen molar-refractivity contribution in [3.05, 3.63) is 0 Å². The van der Waals surface area contributed by atoms with Gasteiger partial charge in [0.05, 0.1) is 26.4 Å². The van der Waals surface area contributed by atoms with Crippen LogP contribution in [0.4, 0.5) is 0 Å². The van der Waals surface area contributed by atoms with Crippen LogP contribution in [0.2, 0.25) is 0 Å². The first-order valence-electron chi connectivity index (χ1n) is 4.89. The van der Waals surface area contributed by atoms with E-state index in [0.29, 0.717) is 13.2 Å². The summed E-state index contributed by atoms with van der Waals surface area (Å²) in [6, 6.07) is 0. The molecule has 0 aliphatic heterocycles. The van der Waals surface area contributed by atoms with Gasteiger partial charge in [-0.2, -0.15) is 0 Å². The number of hydrogen-bond donors (Lipinski definition) is 2. The van der Waals surface area contributed by atoms with Crippen molar-refractivity contribution >= 4 is 0 Å². The van der Waals surface area contributed by atoms with Gasteiger partial charge in [0.25, 0.3) is 0 Å². The molecule has 102 valence electrons. The molecule has 0 aromatic rings. The molecule has 0 saturated carbocycles. The van der Waals surface area contributed by atoms with Crippen molar-refractivity contribution in [3.63, 3.8) is 0 Å². The van der Waals surface area contributed by atoms with Gasteiger partial charge in [-0.15, -0.1) is 0 Å². The van der Waals surface area contributed by atoms with Crippen LogP contribution in [0.15, 0.2) is 0 Å². The number of methoxy groups -OCH3 is 3. The smallest absolute Gasteiger partial charge is 0.154 e. The van der Waals surface area contributed by atoms with Gasteiger partial charge in [0.1, 0.15) is 0 Å². The van der Waals surface area contributed by atoms with Gasteiger partial charge in [-0.05, 0) is 6.92 Å². The lowest BCUT2D eigenvalue weighted by Crippen LogP contribution is -2.05. The molecule has 0 rings (SSSR count). The van der Waals surface area contributed by atoms with Gasteiger partial charge >= 0.3 is 0 Å². The van der Waals surface area contributed by atoms with E-state index in [1.807, 2.05) is 6.92 Å². The molecule has 0 aromatic heterocycles. The van der Waals surface area contributed by atoms with Crippen molar-refractivity contribution in [2.75, 3.05) is 54.9 Å². The summed E-state index contributed by atoms with van der Waals surface area (Å²) in [5.41, 5.74) is 0. The van der Waals surface area contributed by atoms with Crippen LogP contribution in [-0.2, 0) is 18.9 Å². The average molecular weight is 242 g/mol. The van der Waals surface area contributed by atoms with Crippen LogP contribution < -0.4 is 0 Å². The highest BCUT2D eigenvalue weighted by Crippen LogP contribution is 1.82. The molecule has 0 bridgehead atoms. The van der Waals surface area contributed by atoms with Crippen LogP contribution in [0.1, 0.15) is 6.92 Å². The highest BCUT2D eigenvalue weighted by atomic mass is 16.7. The van der Waals surface area contributed by atoms with E-state index in [4.69, 9.17) is 10.2 Å². The predicted molar refractivity (Wildman–Crippen MR) is 61.4 cm³/mol. The summed E-state index contributed by atoms with van der Waals surface area (Å²) in [5.74, 6) is 0. The summed E-state index contributed by atoms with van der Waals surface area (Å²) in [4.78, 5) is 0. The van der Waals surface area contributed by atoms with Gasteiger partial charge in [-0.3, -0.25) is 0 Å². The number of hydrogen-bond acceptors (Lipinski definition) is 6. The van der Waals surface area contributed by atoms with Crippen LogP contribution in [0.25, 0.3) is 0 Å². The lowest BCUT2D eigenvalue weighted by Gasteiger charge is -2.03. The van der Waals surface area contributed by atoms with Crippen molar-refractivity contribution in [2.24, 2.45) is 0 Å². The van der Waals surface area contributed by atoms with Gasteiger partial charge in [-0.25, -0.2) is 0 Å². The number of ether oxygens (including phenoxy) is 4. The van der Waals surface area contributed by atoms with E-state index in [0.717, 1.165) is 0 Å². The zero-order valence-electron chi connectivity index (χ0n) is 10.9. The van der Waals surface area contributed by atoms with Crippen molar-refractivity contribution in [2.45, 2.75) is 13.2 Å². The normalized spacial score (nSPS) is 9.00. The molecule has 0 unspecified atom stereocenters. The minimum absolute atomic E-state index is 0.0278. The summed E-state index contributed by atoms with van der Waals surface area (Å²) in [6.07, 6.45) is -0.0648. The number of aliphatic hydroxyl groups excluding tert-OH is 2. The fraction of sp³-hybridized carbons (Fsp3) is 1.00. The molecule has 0 aliphatic rings. The third-order valence-electron chi connectivity index (χ3n) is 1.14. The van der Waals surface area contributed by atoms with Crippen molar-refractivity contribution in [1.29, 1.82) is 0 Å². The maximum Gasteiger partial charge on any atom is 0.154 e. The third kappa shape index (κ3) is 37.2. The SMILES string of the molecule is COC.COC(C)OC.OCCOCCO. The fourth-order valence-corrected chi connectivity index (χ4v) is 0.327. The lowest BCUT2D eigenvalue weighted by molar-refractivity contribution is -0.0877. The molecule has 0 aliphatic carbocycles. The predicted octanol–water partition coefficient (Wildman–Crippen LogP) is -0.125. The molecule has 0 aromatic carbocycles. The first-order chi connectivity index (χ1) is 7.64. The van der Waals surface area contributed by atoms with Crippen LogP contribution in [0.5, 0.6) is 0 Å². The maximum absolute atomic E-state index is 8.09. The van der Waals surface area contributed by atoms with E-state index >= 15 is 0 Å². The number of aliphatic hydroxyl groups is 2. The van der Waals surface area contributed by atoms with Crippen LogP contribution >= 0.6 is 0 Å². The molecule has 0 spiro atoms. The van der Waals surface area contributed by atoms with Gasteiger partial charge in [-0.1, -0.05) is 0 Å². The van der Waals surface area contributed by atoms with Crippen molar-refractivity contribution < 1.29 is 29.2 Å². The van der Waals surface area contributed by atoms with Crippen LogP contribution in [-0.4, -0.2) is 71.4 Å². The van der Waals surface area contributed by atoms with Gasteiger partial charge in [0.2, 0.25) is 0 Å². The van der Waals surface area contributed by atoms with Gasteiger partial charge in [0, 0.05) is 28.4 Å². The second kappa shape index (κ2) is 24.1. The van der Waals surface area contributed by atoms with Crippen LogP contribution in [0.3, 0.4) is 0 Å². The average Bonchev–Trinajstić information content (AvgIpc) is 2.30. The maximum atomic E-state index is 8.09. The molecule has 2 N–H and O–H groups in total. The highest BCUT2D eigenvalue weighted by Gasteiger charge is 1.87. The van der Waals surface area contributed by atoms with Crippen molar-refractivity contribution in [1.82, 2.24) is 0 Å². The quantitative estimate of drug-likeness (QED) is 0.499. The van der Waals surface area contributed by atoms with E-state index in [2.05, 4.69) is 18.9 Å². The summed E-state index contributed by atoms with van der Waals surface area (Å²) in [5, 5.41) is 16.2. The summed E-state index contributed by atoms with van der Waals surface area (Å²) in [7, 11) is 6.46. The van der Waals surface area contributed by atoms with E-state index in [9.17, 15) is 0 Å². The largest absolute Gasteiger partial charge is 0.394 e. The second-order valence-corrected chi connectivity index (χ2v) is 2.51. The molecule has 6 heteroatoms. The Morgan fingerprint density at radius 3 is 1.31 bits per heavy atom. The standard InChI is InChI=1S/C4H10O3.C4H10O2.C2H6O/c5-1-3-7-4-2-6;1-4(5-2)6-3;1-3-2/h5-6H,1-4H2;4H,1-3H3;1-2H3. The summed E-state index contributed by atoms with van der Waals surface area (Å²) >= 11 is 0. The monoisotopic (exact) mass is 242 g/mol. The minimum Gasteiger partial charge on any atom is -0.394 e. The fourth-order valence-electron chi connectivity index (χ4n) is 0.327. The molecule has 6 nitrogen and oxygen atoms in total. The van der Waals surface area contributed by atoms with Crippen molar-refractivity contribution in [3.8, 4) is 0 Å². The lowest BCUT2D eigenvalue weighted by atomic mass is 10.7. The Morgan fingerprint density at radius 2 is 1.19 bits per heavy atom. The first-order valence-corrected chi connectivity index (χ1v) is 4.89. The van der Waals surface area contributed by atoms with E-state index in [1.54, 1.807) is 28.4 Å². The molecule has 16 heavy (non-hydrogen) atoms. The Morgan fingerprint density at radius 1 is 0.875 bits per heavy atom. The van der Waals surface area contributed by atoms with Crippen LogP contribution in [0, 0.1) is 0 Å². The zero-order chi connectivity index (χ0) is 13.2. The molecule has 0 amide bonds. The Balaban J connectivity index is -0.000000172. The first kappa shape index (κ1) is 21.1. The van der Waals surface area contributed by atoms with E-state index in [-0.39, 0.29) is 19.5 Å². The van der Waals surface area contributed by atoms with E-state index < -0.39 is 0 Å².